The Balaban J connectivity index is 1.48. The minimum Gasteiger partial charge on any atom is -0.368 e. The van der Waals surface area contributed by atoms with Crippen LogP contribution in [0, 0.1) is 19.7 Å². The summed E-state index contributed by atoms with van der Waals surface area (Å²) in [7, 11) is -3.84. The van der Waals surface area contributed by atoms with Crippen LogP contribution in [-0.2, 0) is 10.0 Å². The van der Waals surface area contributed by atoms with Crippen molar-refractivity contribution >= 4 is 27.3 Å². The third-order valence-corrected chi connectivity index (χ3v) is 7.19. The van der Waals surface area contributed by atoms with Crippen LogP contribution in [0.1, 0.15) is 21.5 Å². The molecule has 0 bridgehead atoms. The van der Waals surface area contributed by atoms with Crippen LogP contribution in [0.2, 0.25) is 0 Å². The first-order valence-electron chi connectivity index (χ1n) is 10.7. The molecule has 1 heterocycles. The summed E-state index contributed by atoms with van der Waals surface area (Å²) in [4.78, 5) is 17.1. The van der Waals surface area contributed by atoms with Crippen molar-refractivity contribution < 1.29 is 17.6 Å². The number of nitrogens with zero attached hydrogens (tertiary/aromatic N) is 2. The fourth-order valence-electron chi connectivity index (χ4n) is 3.82. The summed E-state index contributed by atoms with van der Waals surface area (Å²) in [6.07, 6.45) is 0. The molecule has 0 saturated carbocycles. The lowest BCUT2D eigenvalue weighted by atomic mass is 10.1. The molecule has 1 fully saturated rings. The number of halogens is 1. The van der Waals surface area contributed by atoms with Crippen LogP contribution in [0.3, 0.4) is 0 Å². The summed E-state index contributed by atoms with van der Waals surface area (Å²) in [6.45, 7) is 5.94. The molecule has 1 aliphatic rings. The van der Waals surface area contributed by atoms with E-state index in [2.05, 4.69) is 9.62 Å². The van der Waals surface area contributed by atoms with E-state index >= 15 is 0 Å². The SMILES string of the molecule is Cc1ccc(NS(=O)(=O)c2ccc(C)c(C(=O)N3CCN(c4ccc(F)cc4)CC3)c2)cc1. The van der Waals surface area contributed by atoms with Crippen molar-refractivity contribution in [2.75, 3.05) is 35.8 Å². The molecule has 1 N–H and O–H groups in total. The summed E-state index contributed by atoms with van der Waals surface area (Å²) in [5.41, 5.74) is 3.49. The third kappa shape index (κ3) is 5.17. The average Bonchev–Trinajstić information content (AvgIpc) is 2.81. The summed E-state index contributed by atoms with van der Waals surface area (Å²) >= 11 is 0. The number of carbonyl (C=O) groups excluding carboxylic acids is 1. The van der Waals surface area contributed by atoms with Gasteiger partial charge in [0.05, 0.1) is 4.90 Å². The number of anilines is 2. The second-order valence-electron chi connectivity index (χ2n) is 8.20. The Morgan fingerprint density at radius 3 is 2.15 bits per heavy atom. The van der Waals surface area contributed by atoms with Gasteiger partial charge in [0.15, 0.2) is 0 Å². The second kappa shape index (κ2) is 9.23. The van der Waals surface area contributed by atoms with Crippen LogP contribution in [-0.4, -0.2) is 45.4 Å². The van der Waals surface area contributed by atoms with Crippen LogP contribution in [0.15, 0.2) is 71.6 Å². The highest BCUT2D eigenvalue weighted by Gasteiger charge is 2.25. The summed E-state index contributed by atoms with van der Waals surface area (Å²) in [5.74, 6) is -0.478. The van der Waals surface area contributed by atoms with Gasteiger partial charge in [-0.25, -0.2) is 12.8 Å². The van der Waals surface area contributed by atoms with E-state index in [9.17, 15) is 17.6 Å². The molecule has 0 unspecified atom stereocenters. The summed E-state index contributed by atoms with van der Waals surface area (Å²) in [5, 5.41) is 0. The molecule has 1 amide bonds. The van der Waals surface area contributed by atoms with E-state index in [4.69, 9.17) is 0 Å². The second-order valence-corrected chi connectivity index (χ2v) is 9.89. The standard InChI is InChI=1S/C25H26FN3O3S/c1-18-3-8-21(9-4-18)27-33(31,32)23-12-5-19(2)24(17-23)25(30)29-15-13-28(14-16-29)22-10-6-20(26)7-11-22/h3-12,17,27H,13-16H2,1-2H3. The molecule has 3 aromatic carbocycles. The Morgan fingerprint density at radius 2 is 1.52 bits per heavy atom. The molecule has 1 aliphatic heterocycles. The van der Waals surface area contributed by atoms with Gasteiger partial charge in [-0.2, -0.15) is 0 Å². The predicted molar refractivity (Wildman–Crippen MR) is 128 cm³/mol. The Labute approximate surface area is 193 Å². The number of aryl methyl sites for hydroxylation is 2. The van der Waals surface area contributed by atoms with Gasteiger partial charge in [-0.05, 0) is 67.9 Å². The number of carbonyl (C=O) groups is 1. The maximum atomic E-state index is 13.2. The van der Waals surface area contributed by atoms with E-state index in [0.717, 1.165) is 16.8 Å². The quantitative estimate of drug-likeness (QED) is 0.611. The van der Waals surface area contributed by atoms with Gasteiger partial charge in [0.2, 0.25) is 0 Å². The molecule has 172 valence electrons. The fraction of sp³-hybridized carbons (Fsp3) is 0.240. The normalized spacial score (nSPS) is 14.3. The highest BCUT2D eigenvalue weighted by Crippen LogP contribution is 2.22. The maximum Gasteiger partial charge on any atom is 0.261 e. The van der Waals surface area contributed by atoms with Crippen molar-refractivity contribution in [3.05, 3.63) is 89.2 Å². The fourth-order valence-corrected chi connectivity index (χ4v) is 4.91. The molecule has 0 aromatic heterocycles. The van der Waals surface area contributed by atoms with E-state index in [-0.39, 0.29) is 16.6 Å². The van der Waals surface area contributed by atoms with Crippen LogP contribution >= 0.6 is 0 Å². The molecule has 8 heteroatoms. The first kappa shape index (κ1) is 22.8. The first-order chi connectivity index (χ1) is 15.7. The van der Waals surface area contributed by atoms with Gasteiger partial charge in [-0.1, -0.05) is 23.8 Å². The van der Waals surface area contributed by atoms with Crippen LogP contribution < -0.4 is 9.62 Å². The molecule has 0 spiro atoms. The molecule has 6 nitrogen and oxygen atoms in total. The Morgan fingerprint density at radius 1 is 0.879 bits per heavy atom. The highest BCUT2D eigenvalue weighted by molar-refractivity contribution is 7.92. The van der Waals surface area contributed by atoms with Gasteiger partial charge in [-0.3, -0.25) is 9.52 Å². The number of hydrogen-bond donors (Lipinski definition) is 1. The van der Waals surface area contributed by atoms with Crippen molar-refractivity contribution in [2.45, 2.75) is 18.7 Å². The molecule has 1 saturated heterocycles. The van der Waals surface area contributed by atoms with Crippen molar-refractivity contribution in [2.24, 2.45) is 0 Å². The molecule has 0 aliphatic carbocycles. The monoisotopic (exact) mass is 467 g/mol. The lowest BCUT2D eigenvalue weighted by Gasteiger charge is -2.36. The van der Waals surface area contributed by atoms with Gasteiger partial charge in [-0.15, -0.1) is 0 Å². The molecule has 3 aromatic rings. The molecular weight excluding hydrogens is 441 g/mol. The Hall–Kier alpha value is -3.39. The lowest BCUT2D eigenvalue weighted by molar-refractivity contribution is 0.0746. The van der Waals surface area contributed by atoms with Crippen molar-refractivity contribution in [1.29, 1.82) is 0 Å². The zero-order valence-corrected chi connectivity index (χ0v) is 19.4. The number of piperazine rings is 1. The zero-order chi connectivity index (χ0) is 23.6. The van der Waals surface area contributed by atoms with Crippen molar-refractivity contribution in [3.63, 3.8) is 0 Å². The minimum absolute atomic E-state index is 0.0435. The van der Waals surface area contributed by atoms with Gasteiger partial charge >= 0.3 is 0 Å². The largest absolute Gasteiger partial charge is 0.368 e. The van der Waals surface area contributed by atoms with Crippen molar-refractivity contribution in [3.8, 4) is 0 Å². The third-order valence-electron chi connectivity index (χ3n) is 5.81. The van der Waals surface area contributed by atoms with Crippen LogP contribution in [0.5, 0.6) is 0 Å². The first-order valence-corrected chi connectivity index (χ1v) is 12.2. The molecule has 4 rings (SSSR count). The van der Waals surface area contributed by atoms with E-state index in [0.29, 0.717) is 37.4 Å². The zero-order valence-electron chi connectivity index (χ0n) is 18.6. The number of benzene rings is 3. The minimum atomic E-state index is -3.84. The van der Waals surface area contributed by atoms with Crippen LogP contribution in [0.25, 0.3) is 0 Å². The molecular formula is C25H26FN3O3S. The van der Waals surface area contributed by atoms with Crippen molar-refractivity contribution in [1.82, 2.24) is 4.90 Å². The number of hydrogen-bond acceptors (Lipinski definition) is 4. The molecule has 0 atom stereocenters. The summed E-state index contributed by atoms with van der Waals surface area (Å²) < 4.78 is 41.6. The highest BCUT2D eigenvalue weighted by atomic mass is 32.2. The lowest BCUT2D eigenvalue weighted by Crippen LogP contribution is -2.49. The molecule has 0 radical (unpaired) electrons. The van der Waals surface area contributed by atoms with Crippen LogP contribution in [0.4, 0.5) is 15.8 Å². The smallest absolute Gasteiger partial charge is 0.261 e. The number of nitrogens with one attached hydrogen (secondary N) is 1. The predicted octanol–water partition coefficient (Wildman–Crippen LogP) is 4.21. The van der Waals surface area contributed by atoms with Gasteiger partial charge in [0.1, 0.15) is 5.82 Å². The van der Waals surface area contributed by atoms with E-state index < -0.39 is 10.0 Å². The maximum absolute atomic E-state index is 13.2. The van der Waals surface area contributed by atoms with E-state index in [1.54, 1.807) is 42.2 Å². The topological polar surface area (TPSA) is 69.7 Å². The van der Waals surface area contributed by atoms with Gasteiger partial charge in [0, 0.05) is 43.1 Å². The average molecular weight is 468 g/mol. The number of amides is 1. The van der Waals surface area contributed by atoms with E-state index in [1.165, 1.54) is 24.3 Å². The summed E-state index contributed by atoms with van der Waals surface area (Å²) in [6, 6.07) is 18.0. The molecule has 33 heavy (non-hydrogen) atoms. The Kier molecular flexibility index (Phi) is 6.37. The Bertz CT molecular complexity index is 1250. The van der Waals surface area contributed by atoms with E-state index in [1.807, 2.05) is 19.1 Å². The number of rotatable bonds is 5. The van der Waals surface area contributed by atoms with Gasteiger partial charge < -0.3 is 9.80 Å². The number of sulfonamides is 1. The van der Waals surface area contributed by atoms with Gasteiger partial charge in [0.25, 0.3) is 15.9 Å².